The van der Waals surface area contributed by atoms with Gasteiger partial charge in [0.25, 0.3) is 5.19 Å². The Bertz CT molecular complexity index is 370. The lowest BCUT2D eigenvalue weighted by Gasteiger charge is -2.18. The van der Waals surface area contributed by atoms with Gasteiger partial charge in [0.2, 0.25) is 0 Å². The number of ether oxygens (including phenoxy) is 2. The molecule has 0 unspecified atom stereocenters. The van der Waals surface area contributed by atoms with Crippen LogP contribution >= 0.6 is 22.9 Å². The molecule has 4 nitrogen and oxygen atoms in total. The predicted molar refractivity (Wildman–Crippen MR) is 58.8 cm³/mol. The Kier molecular flexibility index (Phi) is 3.57. The summed E-state index contributed by atoms with van der Waals surface area (Å²) in [5.74, 6) is -0.499. The van der Waals surface area contributed by atoms with E-state index in [4.69, 9.17) is 16.3 Å². The molecule has 84 valence electrons. The fourth-order valence-electron chi connectivity index (χ4n) is 0.807. The highest BCUT2D eigenvalue weighted by atomic mass is 35.5. The Labute approximate surface area is 97.2 Å². The van der Waals surface area contributed by atoms with E-state index < -0.39 is 5.97 Å². The zero-order valence-corrected chi connectivity index (χ0v) is 10.5. The summed E-state index contributed by atoms with van der Waals surface area (Å²) >= 11 is 6.85. The molecule has 15 heavy (non-hydrogen) atoms. The zero-order chi connectivity index (χ0) is 11.6. The highest BCUT2D eigenvalue weighted by Gasteiger charge is 2.21. The maximum Gasteiger partial charge on any atom is 0.351 e. The van der Waals surface area contributed by atoms with Crippen molar-refractivity contribution < 1.29 is 14.3 Å². The van der Waals surface area contributed by atoms with E-state index in [1.165, 1.54) is 7.11 Å². The average molecular weight is 250 g/mol. The van der Waals surface area contributed by atoms with Gasteiger partial charge >= 0.3 is 5.97 Å². The van der Waals surface area contributed by atoms with Gasteiger partial charge in [-0.05, 0) is 20.8 Å². The molecule has 1 aromatic rings. The predicted octanol–water partition coefficient (Wildman–Crippen LogP) is 2.76. The van der Waals surface area contributed by atoms with Crippen LogP contribution in [0.25, 0.3) is 0 Å². The van der Waals surface area contributed by atoms with Crippen molar-refractivity contribution in [3.8, 4) is 5.19 Å². The number of rotatable bonds is 2. The minimum Gasteiger partial charge on any atom is -0.465 e. The second kappa shape index (κ2) is 4.37. The van der Waals surface area contributed by atoms with E-state index in [1.807, 2.05) is 20.8 Å². The lowest BCUT2D eigenvalue weighted by Crippen LogP contribution is -2.22. The number of methoxy groups -OCH3 is 1. The van der Waals surface area contributed by atoms with Crippen molar-refractivity contribution in [2.24, 2.45) is 0 Å². The van der Waals surface area contributed by atoms with Crippen LogP contribution in [0.1, 0.15) is 30.4 Å². The molecule has 0 saturated carbocycles. The number of aromatic nitrogens is 1. The Hall–Kier alpha value is -0.810. The summed E-state index contributed by atoms with van der Waals surface area (Å²) in [5, 5.41) is 0.485. The van der Waals surface area contributed by atoms with Gasteiger partial charge in [0, 0.05) is 0 Å². The summed E-state index contributed by atoms with van der Waals surface area (Å²) < 4.78 is 10.0. The molecule has 0 spiro atoms. The quantitative estimate of drug-likeness (QED) is 0.757. The second-order valence-electron chi connectivity index (χ2n) is 3.81. The van der Waals surface area contributed by atoms with Crippen LogP contribution in [0.2, 0.25) is 5.15 Å². The van der Waals surface area contributed by atoms with Crippen LogP contribution < -0.4 is 4.74 Å². The molecule has 0 bridgehead atoms. The first-order chi connectivity index (χ1) is 6.83. The van der Waals surface area contributed by atoms with Gasteiger partial charge in [-0.2, -0.15) is 4.98 Å². The summed E-state index contributed by atoms with van der Waals surface area (Å²) in [6.07, 6.45) is 0. The number of hydrogen-bond donors (Lipinski definition) is 0. The third-order valence-electron chi connectivity index (χ3n) is 1.33. The highest BCUT2D eigenvalue weighted by Crippen LogP contribution is 2.31. The minimum atomic E-state index is -0.499. The number of thiazole rings is 1. The van der Waals surface area contributed by atoms with Crippen LogP contribution in [0, 0.1) is 0 Å². The maximum atomic E-state index is 11.2. The maximum absolute atomic E-state index is 11.2. The van der Waals surface area contributed by atoms with E-state index in [1.54, 1.807) is 0 Å². The third kappa shape index (κ3) is 3.35. The smallest absolute Gasteiger partial charge is 0.351 e. The monoisotopic (exact) mass is 249 g/mol. The lowest BCUT2D eigenvalue weighted by atomic mass is 10.2. The Morgan fingerprint density at radius 2 is 2.07 bits per heavy atom. The summed E-state index contributed by atoms with van der Waals surface area (Å²) in [5.41, 5.74) is -0.366. The van der Waals surface area contributed by atoms with Crippen molar-refractivity contribution in [3.63, 3.8) is 0 Å². The largest absolute Gasteiger partial charge is 0.465 e. The fraction of sp³-hybridized carbons (Fsp3) is 0.556. The van der Waals surface area contributed by atoms with E-state index >= 15 is 0 Å². The van der Waals surface area contributed by atoms with Crippen LogP contribution in [-0.4, -0.2) is 23.7 Å². The van der Waals surface area contributed by atoms with Crippen molar-refractivity contribution in [2.75, 3.05) is 7.11 Å². The molecule has 0 aliphatic carbocycles. The number of hydrogen-bond acceptors (Lipinski definition) is 5. The van der Waals surface area contributed by atoms with Crippen molar-refractivity contribution >= 4 is 28.9 Å². The van der Waals surface area contributed by atoms with Gasteiger partial charge in [0.1, 0.15) is 5.60 Å². The van der Waals surface area contributed by atoms with E-state index in [-0.39, 0.29) is 15.6 Å². The molecule has 1 rings (SSSR count). The molecular formula is C9H12ClNO3S. The molecule has 0 atom stereocenters. The number of carbonyl (C=O) groups is 1. The molecule has 1 heterocycles. The van der Waals surface area contributed by atoms with Crippen molar-refractivity contribution in [1.29, 1.82) is 0 Å². The van der Waals surface area contributed by atoms with Crippen LogP contribution in [0.5, 0.6) is 5.19 Å². The van der Waals surface area contributed by atoms with Gasteiger partial charge in [-0.25, -0.2) is 4.79 Å². The van der Waals surface area contributed by atoms with E-state index in [0.29, 0.717) is 5.19 Å². The zero-order valence-electron chi connectivity index (χ0n) is 8.96. The second-order valence-corrected chi connectivity index (χ2v) is 5.13. The van der Waals surface area contributed by atoms with E-state index in [2.05, 4.69) is 9.72 Å². The first kappa shape index (κ1) is 12.3. The normalized spacial score (nSPS) is 11.3. The van der Waals surface area contributed by atoms with Crippen LogP contribution in [-0.2, 0) is 4.74 Å². The standard InChI is InChI=1S/C9H12ClNO3S/c1-9(2,3)14-8-11-6(10)5(15-8)7(12)13-4/h1-4H3. The molecule has 0 saturated heterocycles. The molecule has 0 aliphatic rings. The third-order valence-corrected chi connectivity index (χ3v) is 2.63. The number of halogens is 1. The van der Waals surface area contributed by atoms with Crippen LogP contribution in [0.3, 0.4) is 0 Å². The average Bonchev–Trinajstić information content (AvgIpc) is 2.42. The highest BCUT2D eigenvalue weighted by molar-refractivity contribution is 7.15. The molecular weight excluding hydrogens is 238 g/mol. The van der Waals surface area contributed by atoms with Gasteiger partial charge in [0.15, 0.2) is 10.0 Å². The van der Waals surface area contributed by atoms with Crippen molar-refractivity contribution in [1.82, 2.24) is 4.98 Å². The van der Waals surface area contributed by atoms with Crippen LogP contribution in [0.4, 0.5) is 0 Å². The summed E-state index contributed by atoms with van der Waals surface area (Å²) in [6, 6.07) is 0. The summed E-state index contributed by atoms with van der Waals surface area (Å²) in [6.45, 7) is 5.67. The summed E-state index contributed by atoms with van der Waals surface area (Å²) in [7, 11) is 1.29. The van der Waals surface area contributed by atoms with Gasteiger partial charge in [-0.15, -0.1) is 0 Å². The Balaban J connectivity index is 2.91. The van der Waals surface area contributed by atoms with Gasteiger partial charge in [-0.3, -0.25) is 0 Å². The Morgan fingerprint density at radius 1 is 1.47 bits per heavy atom. The van der Waals surface area contributed by atoms with E-state index in [0.717, 1.165) is 11.3 Å². The number of esters is 1. The molecule has 0 fully saturated rings. The van der Waals surface area contributed by atoms with Gasteiger partial charge in [-0.1, -0.05) is 22.9 Å². The SMILES string of the molecule is COC(=O)c1sc(OC(C)(C)C)nc1Cl. The number of nitrogens with zero attached hydrogens (tertiary/aromatic N) is 1. The molecule has 1 aromatic heterocycles. The molecule has 0 N–H and O–H groups in total. The van der Waals surface area contributed by atoms with E-state index in [9.17, 15) is 4.79 Å². The minimum absolute atomic E-state index is 0.117. The van der Waals surface area contributed by atoms with Crippen LogP contribution in [0.15, 0.2) is 0 Å². The van der Waals surface area contributed by atoms with Gasteiger partial charge < -0.3 is 9.47 Å². The molecule has 6 heteroatoms. The summed E-state index contributed by atoms with van der Waals surface area (Å²) in [4.78, 5) is 15.4. The Morgan fingerprint density at radius 3 is 2.53 bits per heavy atom. The molecule has 0 aliphatic heterocycles. The first-order valence-electron chi connectivity index (χ1n) is 4.27. The molecule has 0 aromatic carbocycles. The first-order valence-corrected chi connectivity index (χ1v) is 5.46. The topological polar surface area (TPSA) is 48.4 Å². The number of carbonyl (C=O) groups excluding carboxylic acids is 1. The fourth-order valence-corrected chi connectivity index (χ4v) is 2.03. The molecule has 0 amide bonds. The molecule has 0 radical (unpaired) electrons. The lowest BCUT2D eigenvalue weighted by molar-refractivity contribution is 0.0606. The van der Waals surface area contributed by atoms with Crippen molar-refractivity contribution in [2.45, 2.75) is 26.4 Å². The van der Waals surface area contributed by atoms with Crippen molar-refractivity contribution in [3.05, 3.63) is 10.0 Å². The van der Waals surface area contributed by atoms with Gasteiger partial charge in [0.05, 0.1) is 7.11 Å².